The maximum Gasteiger partial charge on any atom is 0.233 e. The average Bonchev–Trinajstić information content (AvgIpc) is 3.14. The molecular weight excluding hydrogens is 380 g/mol. The van der Waals surface area contributed by atoms with Crippen molar-refractivity contribution in [2.24, 2.45) is 0 Å². The minimum Gasteiger partial charge on any atom is -0.355 e. The van der Waals surface area contributed by atoms with Crippen LogP contribution in [-0.4, -0.2) is 32.5 Å². The quantitative estimate of drug-likeness (QED) is 0.550. The Labute approximate surface area is 176 Å². The normalized spacial score (nSPS) is 13.1. The van der Waals surface area contributed by atoms with E-state index in [0.717, 1.165) is 28.7 Å². The zero-order valence-electron chi connectivity index (χ0n) is 17.4. The van der Waals surface area contributed by atoms with Gasteiger partial charge in [0, 0.05) is 18.7 Å². The number of benzene rings is 2. The van der Waals surface area contributed by atoms with E-state index in [1.54, 1.807) is 0 Å². The lowest BCUT2D eigenvalue weighted by atomic mass is 10.0. The standard InChI is InChI=1S/C23H28N4OS/c1-5-27-21(20-14-10-9-11-16(20)2)25-26-23(27)29-18(4)22(28)24-15-17(3)19-12-7-6-8-13-19/h6-14,17-18H,5,15H2,1-4H3,(H,24,28)/t17-,18+/m0/s1. The van der Waals surface area contributed by atoms with Gasteiger partial charge in [0.15, 0.2) is 11.0 Å². The van der Waals surface area contributed by atoms with E-state index in [2.05, 4.69) is 65.1 Å². The number of thioether (sulfide) groups is 1. The Bertz CT molecular complexity index is 955. The predicted octanol–water partition coefficient (Wildman–Crippen LogP) is 4.67. The molecule has 29 heavy (non-hydrogen) atoms. The van der Waals surface area contributed by atoms with Crippen LogP contribution < -0.4 is 5.32 Å². The number of nitrogens with zero attached hydrogens (tertiary/aromatic N) is 3. The molecule has 3 aromatic rings. The Morgan fingerprint density at radius 3 is 2.45 bits per heavy atom. The number of nitrogens with one attached hydrogen (secondary N) is 1. The van der Waals surface area contributed by atoms with Crippen molar-refractivity contribution in [2.75, 3.05) is 6.54 Å². The molecule has 0 saturated carbocycles. The molecule has 2 aromatic carbocycles. The first-order chi connectivity index (χ1) is 14.0. The largest absolute Gasteiger partial charge is 0.355 e. The van der Waals surface area contributed by atoms with Crippen molar-refractivity contribution in [3.8, 4) is 11.4 Å². The fraction of sp³-hybridized carbons (Fsp3) is 0.348. The third-order valence-corrected chi connectivity index (χ3v) is 6.10. The molecule has 0 radical (unpaired) electrons. The average molecular weight is 409 g/mol. The summed E-state index contributed by atoms with van der Waals surface area (Å²) in [4.78, 5) is 12.6. The Morgan fingerprint density at radius 1 is 1.07 bits per heavy atom. The van der Waals surface area contributed by atoms with Gasteiger partial charge in [-0.05, 0) is 37.8 Å². The van der Waals surface area contributed by atoms with Gasteiger partial charge in [0.1, 0.15) is 0 Å². The van der Waals surface area contributed by atoms with Crippen LogP contribution in [0, 0.1) is 6.92 Å². The van der Waals surface area contributed by atoms with Gasteiger partial charge in [-0.25, -0.2) is 0 Å². The van der Waals surface area contributed by atoms with Crippen molar-refractivity contribution in [1.82, 2.24) is 20.1 Å². The second-order valence-electron chi connectivity index (χ2n) is 7.18. The zero-order chi connectivity index (χ0) is 20.8. The molecule has 1 heterocycles. The maximum atomic E-state index is 12.6. The highest BCUT2D eigenvalue weighted by Crippen LogP contribution is 2.28. The lowest BCUT2D eigenvalue weighted by Crippen LogP contribution is -2.33. The monoisotopic (exact) mass is 408 g/mol. The summed E-state index contributed by atoms with van der Waals surface area (Å²) < 4.78 is 2.07. The van der Waals surface area contributed by atoms with Gasteiger partial charge in [-0.3, -0.25) is 4.79 Å². The first-order valence-electron chi connectivity index (χ1n) is 9.99. The fourth-order valence-corrected chi connectivity index (χ4v) is 4.13. The summed E-state index contributed by atoms with van der Waals surface area (Å²) in [5.41, 5.74) is 3.45. The number of rotatable bonds is 8. The van der Waals surface area contributed by atoms with E-state index < -0.39 is 0 Å². The van der Waals surface area contributed by atoms with Crippen molar-refractivity contribution in [1.29, 1.82) is 0 Å². The van der Waals surface area contributed by atoms with Gasteiger partial charge in [-0.2, -0.15) is 0 Å². The molecule has 0 aliphatic rings. The molecular formula is C23H28N4OS. The lowest BCUT2D eigenvalue weighted by Gasteiger charge is -2.16. The van der Waals surface area contributed by atoms with E-state index in [1.165, 1.54) is 17.3 Å². The smallest absolute Gasteiger partial charge is 0.233 e. The Kier molecular flexibility index (Phi) is 7.09. The van der Waals surface area contributed by atoms with Crippen LogP contribution in [0.3, 0.4) is 0 Å². The van der Waals surface area contributed by atoms with Crippen molar-refractivity contribution in [2.45, 2.75) is 50.6 Å². The Hall–Kier alpha value is -2.60. The van der Waals surface area contributed by atoms with Crippen LogP contribution in [0.15, 0.2) is 59.8 Å². The minimum absolute atomic E-state index is 0.0147. The van der Waals surface area contributed by atoms with E-state index >= 15 is 0 Å². The molecule has 152 valence electrons. The van der Waals surface area contributed by atoms with Crippen LogP contribution in [-0.2, 0) is 11.3 Å². The zero-order valence-corrected chi connectivity index (χ0v) is 18.2. The first kappa shape index (κ1) is 21.1. The third kappa shape index (κ3) is 5.07. The molecule has 0 bridgehead atoms. The third-order valence-electron chi connectivity index (χ3n) is 5.02. The van der Waals surface area contributed by atoms with Gasteiger partial charge in [0.05, 0.1) is 5.25 Å². The molecule has 0 spiro atoms. The summed E-state index contributed by atoms with van der Waals surface area (Å²) in [5, 5.41) is 12.4. The molecule has 1 N–H and O–H groups in total. The molecule has 0 unspecified atom stereocenters. The number of aryl methyl sites for hydroxylation is 1. The van der Waals surface area contributed by atoms with E-state index in [0.29, 0.717) is 6.54 Å². The molecule has 1 amide bonds. The van der Waals surface area contributed by atoms with Crippen LogP contribution in [0.1, 0.15) is 37.8 Å². The Balaban J connectivity index is 1.65. The molecule has 3 rings (SSSR count). The highest BCUT2D eigenvalue weighted by molar-refractivity contribution is 8.00. The topological polar surface area (TPSA) is 59.8 Å². The van der Waals surface area contributed by atoms with Crippen molar-refractivity contribution in [3.63, 3.8) is 0 Å². The summed E-state index contributed by atoms with van der Waals surface area (Å²) in [6.07, 6.45) is 0. The second-order valence-corrected chi connectivity index (χ2v) is 8.49. The van der Waals surface area contributed by atoms with Crippen LogP contribution in [0.5, 0.6) is 0 Å². The van der Waals surface area contributed by atoms with Crippen molar-refractivity contribution >= 4 is 17.7 Å². The van der Waals surface area contributed by atoms with Gasteiger partial charge in [-0.15, -0.1) is 10.2 Å². The second kappa shape index (κ2) is 9.74. The maximum absolute atomic E-state index is 12.6. The predicted molar refractivity (Wildman–Crippen MR) is 119 cm³/mol. The molecule has 2 atom stereocenters. The van der Waals surface area contributed by atoms with Crippen LogP contribution in [0.2, 0.25) is 0 Å². The number of hydrogen-bond donors (Lipinski definition) is 1. The van der Waals surface area contributed by atoms with Gasteiger partial charge in [0.25, 0.3) is 0 Å². The summed E-state index contributed by atoms with van der Waals surface area (Å²) in [7, 11) is 0. The van der Waals surface area contributed by atoms with Crippen LogP contribution >= 0.6 is 11.8 Å². The van der Waals surface area contributed by atoms with E-state index in [-0.39, 0.29) is 17.1 Å². The number of carbonyl (C=O) groups is 1. The summed E-state index contributed by atoms with van der Waals surface area (Å²) in [6, 6.07) is 18.4. The fourth-order valence-electron chi connectivity index (χ4n) is 3.19. The van der Waals surface area contributed by atoms with Crippen molar-refractivity contribution in [3.05, 3.63) is 65.7 Å². The van der Waals surface area contributed by atoms with Gasteiger partial charge in [-0.1, -0.05) is 73.3 Å². The molecule has 0 fully saturated rings. The Morgan fingerprint density at radius 2 is 1.76 bits per heavy atom. The van der Waals surface area contributed by atoms with Gasteiger partial charge >= 0.3 is 0 Å². The van der Waals surface area contributed by atoms with E-state index in [1.807, 2.05) is 37.3 Å². The van der Waals surface area contributed by atoms with Gasteiger partial charge < -0.3 is 9.88 Å². The molecule has 6 heteroatoms. The number of carbonyl (C=O) groups excluding carboxylic acids is 1. The lowest BCUT2D eigenvalue weighted by molar-refractivity contribution is -0.120. The summed E-state index contributed by atoms with van der Waals surface area (Å²) in [5.74, 6) is 1.13. The first-order valence-corrected chi connectivity index (χ1v) is 10.9. The van der Waals surface area contributed by atoms with E-state index in [4.69, 9.17) is 0 Å². The molecule has 0 aliphatic heterocycles. The molecule has 0 aliphatic carbocycles. The molecule has 5 nitrogen and oxygen atoms in total. The SMILES string of the molecule is CCn1c(S[C@H](C)C(=O)NC[C@H](C)c2ccccc2)nnc1-c1ccccc1C. The van der Waals surface area contributed by atoms with Crippen LogP contribution in [0.25, 0.3) is 11.4 Å². The molecule has 0 saturated heterocycles. The summed E-state index contributed by atoms with van der Waals surface area (Å²) in [6.45, 7) is 9.54. The highest BCUT2D eigenvalue weighted by atomic mass is 32.2. The highest BCUT2D eigenvalue weighted by Gasteiger charge is 2.21. The molecule has 1 aromatic heterocycles. The van der Waals surface area contributed by atoms with Gasteiger partial charge in [0.2, 0.25) is 5.91 Å². The van der Waals surface area contributed by atoms with Crippen LogP contribution in [0.4, 0.5) is 0 Å². The number of aromatic nitrogens is 3. The number of amides is 1. The van der Waals surface area contributed by atoms with Crippen molar-refractivity contribution < 1.29 is 4.79 Å². The minimum atomic E-state index is -0.253. The number of hydrogen-bond acceptors (Lipinski definition) is 4. The summed E-state index contributed by atoms with van der Waals surface area (Å²) >= 11 is 1.45. The van der Waals surface area contributed by atoms with E-state index in [9.17, 15) is 4.79 Å².